The van der Waals surface area contributed by atoms with Gasteiger partial charge in [-0.3, -0.25) is 14.4 Å². The number of methoxy groups -OCH3 is 1. The zero-order chi connectivity index (χ0) is 25.5. The van der Waals surface area contributed by atoms with Crippen LogP contribution in [0.5, 0.6) is 5.75 Å². The van der Waals surface area contributed by atoms with Gasteiger partial charge < -0.3 is 24.8 Å². The Kier molecular flexibility index (Phi) is 7.74. The van der Waals surface area contributed by atoms with E-state index in [1.54, 1.807) is 55.0 Å². The molecule has 192 valence electrons. The molecule has 3 unspecified atom stereocenters. The number of amides is 2. The van der Waals surface area contributed by atoms with Gasteiger partial charge in [0.15, 0.2) is 0 Å². The van der Waals surface area contributed by atoms with E-state index in [1.165, 1.54) is 0 Å². The number of hydrogen-bond acceptors (Lipinski definition) is 7. The van der Waals surface area contributed by atoms with Crippen molar-refractivity contribution in [3.05, 3.63) is 24.3 Å². The van der Waals surface area contributed by atoms with Gasteiger partial charge in [-0.2, -0.15) is 0 Å². The summed E-state index contributed by atoms with van der Waals surface area (Å²) in [6.45, 7) is 5.76. The van der Waals surface area contributed by atoms with Gasteiger partial charge in [0.25, 0.3) is 0 Å². The molecule has 3 heterocycles. The van der Waals surface area contributed by atoms with Crippen LogP contribution < -0.4 is 10.1 Å². The third kappa shape index (κ3) is 4.46. The van der Waals surface area contributed by atoms with Gasteiger partial charge in [-0.1, -0.05) is 29.8 Å². The second kappa shape index (κ2) is 10.3. The van der Waals surface area contributed by atoms with Crippen LogP contribution in [0.25, 0.3) is 0 Å². The summed E-state index contributed by atoms with van der Waals surface area (Å²) in [6, 6.07) is 5.66. The third-order valence-corrected chi connectivity index (χ3v) is 10.5. The van der Waals surface area contributed by atoms with Crippen molar-refractivity contribution in [1.29, 1.82) is 0 Å². The molecule has 0 saturated carbocycles. The smallest absolute Gasteiger partial charge is 0.310 e. The molecule has 3 aliphatic heterocycles. The zero-order valence-electron chi connectivity index (χ0n) is 20.4. The number of carbonyl (C=O) groups excluding carboxylic acids is 3. The Labute approximate surface area is 218 Å². The Morgan fingerprint density at radius 1 is 1.31 bits per heavy atom. The molecule has 8 nitrogen and oxygen atoms in total. The lowest BCUT2D eigenvalue weighted by molar-refractivity contribution is -0.154. The molecule has 3 fully saturated rings. The molecule has 2 bridgehead atoms. The van der Waals surface area contributed by atoms with E-state index in [2.05, 4.69) is 21.2 Å². The monoisotopic (exact) mass is 568 g/mol. The normalized spacial score (nSPS) is 32.0. The summed E-state index contributed by atoms with van der Waals surface area (Å²) < 4.78 is 9.79. The van der Waals surface area contributed by atoms with Gasteiger partial charge in [0, 0.05) is 15.8 Å². The zero-order valence-corrected chi connectivity index (χ0v) is 22.8. The highest BCUT2D eigenvalue weighted by Gasteiger charge is 2.76. The molecule has 35 heavy (non-hydrogen) atoms. The topological polar surface area (TPSA) is 105 Å². The van der Waals surface area contributed by atoms with E-state index in [4.69, 9.17) is 9.47 Å². The average Bonchev–Trinajstić information content (AvgIpc) is 3.41. The second-order valence-electron chi connectivity index (χ2n) is 9.84. The highest BCUT2D eigenvalue weighted by molar-refractivity contribution is 9.09. The molecule has 3 aliphatic rings. The lowest BCUT2D eigenvalue weighted by Gasteiger charge is -2.37. The largest absolute Gasteiger partial charge is 0.497 e. The third-order valence-electron chi connectivity index (χ3n) is 7.24. The van der Waals surface area contributed by atoms with Gasteiger partial charge in [0.05, 0.1) is 42.9 Å². The maximum absolute atomic E-state index is 14.0. The number of alkyl halides is 1. The van der Waals surface area contributed by atoms with Crippen LogP contribution in [0.3, 0.4) is 0 Å². The van der Waals surface area contributed by atoms with E-state index < -0.39 is 34.6 Å². The van der Waals surface area contributed by atoms with Crippen LogP contribution in [0.4, 0.5) is 5.69 Å². The molecule has 10 heteroatoms. The summed E-state index contributed by atoms with van der Waals surface area (Å²) in [5.74, 6) is -1.38. The molecule has 3 saturated heterocycles. The number of benzene rings is 1. The van der Waals surface area contributed by atoms with Crippen molar-refractivity contribution in [2.24, 2.45) is 17.8 Å². The minimum atomic E-state index is -0.826. The average molecular weight is 570 g/mol. The molecule has 2 N–H and O–H groups in total. The van der Waals surface area contributed by atoms with Crippen LogP contribution in [-0.2, 0) is 19.1 Å². The summed E-state index contributed by atoms with van der Waals surface area (Å²) >= 11 is 5.28. The molecular weight excluding hydrogens is 536 g/mol. The van der Waals surface area contributed by atoms with Crippen LogP contribution in [0.15, 0.2) is 24.3 Å². The molecule has 1 aromatic rings. The number of hydrogen-bond donors (Lipinski definition) is 2. The summed E-state index contributed by atoms with van der Waals surface area (Å²) in [6.07, 6.45) is 1.12. The minimum Gasteiger partial charge on any atom is -0.497 e. The summed E-state index contributed by atoms with van der Waals surface area (Å²) in [7, 11) is 1.57. The fraction of sp³-hybridized carbons (Fsp3) is 0.640. The number of fused-ring (bicyclic) bond motifs is 1. The van der Waals surface area contributed by atoms with Gasteiger partial charge in [0.2, 0.25) is 11.8 Å². The number of aliphatic hydroxyl groups excluding tert-OH is 1. The van der Waals surface area contributed by atoms with Gasteiger partial charge in [-0.05, 0) is 49.9 Å². The van der Waals surface area contributed by atoms with Crippen LogP contribution >= 0.6 is 27.7 Å². The highest BCUT2D eigenvalue weighted by Crippen LogP contribution is 2.68. The second-order valence-corrected chi connectivity index (χ2v) is 12.6. The fourth-order valence-electron chi connectivity index (χ4n) is 5.97. The van der Waals surface area contributed by atoms with Crippen molar-refractivity contribution in [3.8, 4) is 5.75 Å². The maximum atomic E-state index is 14.0. The number of esters is 1. The first kappa shape index (κ1) is 26.3. The van der Waals surface area contributed by atoms with Gasteiger partial charge in [-0.25, -0.2) is 0 Å². The lowest BCUT2D eigenvalue weighted by atomic mass is 9.71. The molecule has 0 aromatic heterocycles. The molecular formula is C25H33BrN2O6S. The first-order chi connectivity index (χ1) is 16.7. The summed E-state index contributed by atoms with van der Waals surface area (Å²) in [4.78, 5) is 42.5. The standard InChI is InChI=1S/C25H33BrN2O6S/c1-5-34-24(32)18-19-23(31)28(15(12-29)10-13(2)3)21(25(19)11-17(26)20(18)35-25)22(30)27-14-6-8-16(33-4)9-7-14/h6-9,13,15,17-21,29H,5,10-12H2,1-4H3,(H,27,30)/t15-,17?,18-,19+,20-,21?,25?/m1/s1. The number of nitrogens with one attached hydrogen (secondary N) is 1. The number of halogens is 1. The Balaban J connectivity index is 1.75. The summed E-state index contributed by atoms with van der Waals surface area (Å²) in [5.41, 5.74) is 0.585. The van der Waals surface area contributed by atoms with Crippen LogP contribution in [0.2, 0.25) is 0 Å². The van der Waals surface area contributed by atoms with Crippen LogP contribution in [0, 0.1) is 17.8 Å². The predicted molar refractivity (Wildman–Crippen MR) is 138 cm³/mol. The van der Waals surface area contributed by atoms with E-state index in [-0.39, 0.29) is 41.0 Å². The first-order valence-electron chi connectivity index (χ1n) is 12.0. The molecule has 1 aromatic carbocycles. The molecule has 2 amide bonds. The van der Waals surface area contributed by atoms with E-state index in [0.717, 1.165) is 0 Å². The minimum absolute atomic E-state index is 0.0279. The summed E-state index contributed by atoms with van der Waals surface area (Å²) in [5, 5.41) is 13.1. The van der Waals surface area contributed by atoms with Crippen molar-refractivity contribution in [1.82, 2.24) is 4.90 Å². The highest BCUT2D eigenvalue weighted by atomic mass is 79.9. The fourth-order valence-corrected chi connectivity index (χ4v) is 9.56. The lowest BCUT2D eigenvalue weighted by Crippen LogP contribution is -2.55. The van der Waals surface area contributed by atoms with Gasteiger partial charge in [0.1, 0.15) is 11.8 Å². The molecule has 7 atom stereocenters. The van der Waals surface area contributed by atoms with Crippen molar-refractivity contribution >= 4 is 51.2 Å². The van der Waals surface area contributed by atoms with Crippen LogP contribution in [-0.4, -0.2) is 75.0 Å². The van der Waals surface area contributed by atoms with E-state index >= 15 is 0 Å². The molecule has 1 spiro atoms. The predicted octanol–water partition coefficient (Wildman–Crippen LogP) is 3.07. The number of likely N-dealkylation sites (tertiary alicyclic amines) is 1. The van der Waals surface area contributed by atoms with Crippen molar-refractivity contribution in [2.75, 3.05) is 25.6 Å². The van der Waals surface area contributed by atoms with Crippen molar-refractivity contribution < 1.29 is 29.0 Å². The Bertz CT molecular complexity index is 975. The molecule has 0 aliphatic carbocycles. The Morgan fingerprint density at radius 3 is 2.57 bits per heavy atom. The number of aliphatic hydroxyl groups is 1. The van der Waals surface area contributed by atoms with E-state index in [9.17, 15) is 19.5 Å². The first-order valence-corrected chi connectivity index (χ1v) is 13.8. The van der Waals surface area contributed by atoms with Gasteiger partial charge >= 0.3 is 5.97 Å². The maximum Gasteiger partial charge on any atom is 0.310 e. The van der Waals surface area contributed by atoms with Crippen molar-refractivity contribution in [3.63, 3.8) is 0 Å². The Hall–Kier alpha value is -1.78. The Morgan fingerprint density at radius 2 is 2.00 bits per heavy atom. The number of rotatable bonds is 9. The number of nitrogens with zero attached hydrogens (tertiary/aromatic N) is 1. The van der Waals surface area contributed by atoms with Crippen molar-refractivity contribution in [2.45, 2.75) is 60.5 Å². The quantitative estimate of drug-likeness (QED) is 0.348. The van der Waals surface area contributed by atoms with E-state index in [0.29, 0.717) is 24.3 Å². The van der Waals surface area contributed by atoms with E-state index in [1.807, 2.05) is 13.8 Å². The van der Waals surface area contributed by atoms with Gasteiger partial charge in [-0.15, -0.1) is 11.8 Å². The molecule has 4 rings (SSSR count). The number of anilines is 1. The number of thioether (sulfide) groups is 1. The SMILES string of the molecule is CCOC(=O)[C@H]1[C@@H]2SC3(CC2Br)C(C(=O)Nc2ccc(OC)cc2)N([C@@H](CO)CC(C)C)C(=O)[C@H]13. The number of ether oxygens (including phenoxy) is 2. The number of carbonyl (C=O) groups is 3. The van der Waals surface area contributed by atoms with Crippen LogP contribution in [0.1, 0.15) is 33.6 Å². The molecule has 0 radical (unpaired) electrons.